The maximum absolute atomic E-state index is 3.20. The van der Waals surface area contributed by atoms with Gasteiger partial charge in [0.15, 0.2) is 0 Å². The second-order valence-electron chi connectivity index (χ2n) is 3.19. The highest BCUT2D eigenvalue weighted by Gasteiger charge is 2.10. The number of hydrogen-bond acceptors (Lipinski definition) is 3. The summed E-state index contributed by atoms with van der Waals surface area (Å²) < 4.78 is 2.83. The molecule has 0 amide bonds. The van der Waals surface area contributed by atoms with Gasteiger partial charge in [0.25, 0.3) is 0 Å². The minimum absolute atomic E-state index is 0.913. The van der Waals surface area contributed by atoms with E-state index in [2.05, 4.69) is 35.2 Å². The molecule has 3 heteroatoms. The van der Waals surface area contributed by atoms with Crippen LogP contribution >= 0.6 is 11.3 Å². The lowest BCUT2D eigenvalue weighted by Crippen LogP contribution is -2.29. The van der Waals surface area contributed by atoms with E-state index in [9.17, 15) is 0 Å². The third kappa shape index (κ3) is 1.09. The van der Waals surface area contributed by atoms with Crippen LogP contribution in [0.1, 0.15) is 11.1 Å². The Hall–Kier alpha value is -0.900. The third-order valence-corrected chi connectivity index (χ3v) is 3.61. The number of rotatable bonds is 0. The van der Waals surface area contributed by atoms with E-state index >= 15 is 0 Å². The van der Waals surface area contributed by atoms with Crippen LogP contribution in [0.15, 0.2) is 6.08 Å². The van der Waals surface area contributed by atoms with Crippen molar-refractivity contribution in [3.8, 4) is 0 Å². The summed E-state index contributed by atoms with van der Waals surface area (Å²) in [5.41, 5.74) is 9.18. The van der Waals surface area contributed by atoms with Crippen molar-refractivity contribution in [3.05, 3.63) is 26.3 Å². The first-order chi connectivity index (χ1) is 6.45. The monoisotopic (exact) mass is 190 g/mol. The van der Waals surface area contributed by atoms with Crippen molar-refractivity contribution in [2.24, 2.45) is 0 Å². The summed E-state index contributed by atoms with van der Waals surface area (Å²) >= 11 is 1.88. The van der Waals surface area contributed by atoms with Crippen LogP contribution in [-0.2, 0) is 6.54 Å². The topological polar surface area (TPSA) is 24.1 Å². The zero-order valence-electron chi connectivity index (χ0n) is 7.13. The molecule has 0 saturated heterocycles. The second-order valence-corrected chi connectivity index (χ2v) is 4.27. The standard InChI is InChI=1S/C10H10N2S/c1-2-7-8-6-12-11-5-4-10(8)13-9(7)3-1/h1-4,11-12H,5-6H2. The van der Waals surface area contributed by atoms with Crippen molar-refractivity contribution in [3.63, 3.8) is 0 Å². The summed E-state index contributed by atoms with van der Waals surface area (Å²) in [4.78, 5) is 0. The summed E-state index contributed by atoms with van der Waals surface area (Å²) in [6, 6.07) is 0. The normalized spacial score (nSPS) is 18.5. The summed E-state index contributed by atoms with van der Waals surface area (Å²) in [6.45, 7) is 1.84. The van der Waals surface area contributed by atoms with Gasteiger partial charge >= 0.3 is 0 Å². The molecule has 0 aromatic carbocycles. The molecule has 2 aliphatic rings. The fourth-order valence-corrected chi connectivity index (χ4v) is 2.93. The maximum Gasteiger partial charge on any atom is 0.0371 e. The minimum Gasteiger partial charge on any atom is -0.254 e. The Kier molecular flexibility index (Phi) is 1.62. The van der Waals surface area contributed by atoms with Gasteiger partial charge in [0, 0.05) is 22.2 Å². The lowest BCUT2D eigenvalue weighted by atomic mass is 10.2. The maximum atomic E-state index is 3.20. The highest BCUT2D eigenvalue weighted by molar-refractivity contribution is 7.08. The van der Waals surface area contributed by atoms with Gasteiger partial charge in [-0.05, 0) is 17.2 Å². The molecule has 66 valence electrons. The van der Waals surface area contributed by atoms with Crippen molar-refractivity contribution in [2.75, 3.05) is 6.54 Å². The SMILES string of the molecule is C1=Cc2c3c(sc2=C1)=CCNNC3. The van der Waals surface area contributed by atoms with Crippen molar-refractivity contribution in [1.29, 1.82) is 0 Å². The van der Waals surface area contributed by atoms with E-state index in [1.807, 2.05) is 11.3 Å². The molecule has 0 atom stereocenters. The van der Waals surface area contributed by atoms with Crippen molar-refractivity contribution >= 4 is 29.6 Å². The molecule has 0 bridgehead atoms. The zero-order valence-corrected chi connectivity index (χ0v) is 7.95. The van der Waals surface area contributed by atoms with E-state index in [0.29, 0.717) is 0 Å². The Labute approximate surface area is 80.3 Å². The van der Waals surface area contributed by atoms with Crippen LogP contribution in [0.3, 0.4) is 0 Å². The van der Waals surface area contributed by atoms with Gasteiger partial charge in [-0.1, -0.05) is 18.2 Å². The molecule has 0 radical (unpaired) electrons. The highest BCUT2D eigenvalue weighted by atomic mass is 32.1. The van der Waals surface area contributed by atoms with Crippen molar-refractivity contribution in [2.45, 2.75) is 6.54 Å². The molecule has 1 aromatic rings. The number of hydrazine groups is 1. The molecule has 0 saturated carbocycles. The predicted octanol–water partition coefficient (Wildman–Crippen LogP) is -0.0563. The van der Waals surface area contributed by atoms with Gasteiger partial charge in [-0.15, -0.1) is 11.3 Å². The van der Waals surface area contributed by atoms with E-state index in [4.69, 9.17) is 0 Å². The Morgan fingerprint density at radius 3 is 3.23 bits per heavy atom. The first-order valence-electron chi connectivity index (χ1n) is 4.41. The number of thiophene rings is 1. The number of allylic oxidation sites excluding steroid dienone is 1. The molecule has 2 heterocycles. The molecule has 0 unspecified atom stereocenters. The fraction of sp³-hybridized carbons (Fsp3) is 0.200. The van der Waals surface area contributed by atoms with Crippen molar-refractivity contribution < 1.29 is 0 Å². The number of hydrogen-bond donors (Lipinski definition) is 2. The van der Waals surface area contributed by atoms with Gasteiger partial charge in [-0.2, -0.15) is 0 Å². The van der Waals surface area contributed by atoms with Gasteiger partial charge < -0.3 is 0 Å². The van der Waals surface area contributed by atoms with Crippen LogP contribution in [0.2, 0.25) is 0 Å². The summed E-state index contributed by atoms with van der Waals surface area (Å²) in [5.74, 6) is 0. The largest absolute Gasteiger partial charge is 0.254 e. The molecule has 1 aromatic heterocycles. The summed E-state index contributed by atoms with van der Waals surface area (Å²) in [5, 5.41) is 0. The fourth-order valence-electron chi connectivity index (χ4n) is 1.77. The van der Waals surface area contributed by atoms with Gasteiger partial charge in [-0.25, -0.2) is 0 Å². The third-order valence-electron chi connectivity index (χ3n) is 2.40. The highest BCUT2D eigenvalue weighted by Crippen LogP contribution is 2.10. The Balaban J connectivity index is 2.32. The summed E-state index contributed by atoms with van der Waals surface area (Å²) in [7, 11) is 0. The quantitative estimate of drug-likeness (QED) is 0.599. The van der Waals surface area contributed by atoms with Crippen LogP contribution < -0.4 is 19.9 Å². The molecule has 3 rings (SSSR count). The van der Waals surface area contributed by atoms with E-state index < -0.39 is 0 Å². The Morgan fingerprint density at radius 1 is 1.23 bits per heavy atom. The average Bonchev–Trinajstić information content (AvgIpc) is 2.61. The lowest BCUT2D eigenvalue weighted by Gasteiger charge is -2.00. The van der Waals surface area contributed by atoms with Crippen LogP contribution in [0, 0.1) is 0 Å². The summed E-state index contributed by atoms with van der Waals surface area (Å²) in [6.07, 6.45) is 8.77. The van der Waals surface area contributed by atoms with Gasteiger partial charge in [0.1, 0.15) is 0 Å². The molecule has 13 heavy (non-hydrogen) atoms. The smallest absolute Gasteiger partial charge is 0.0371 e. The van der Waals surface area contributed by atoms with Crippen LogP contribution in [0.25, 0.3) is 18.2 Å². The number of nitrogens with one attached hydrogen (secondary N) is 2. The van der Waals surface area contributed by atoms with Crippen molar-refractivity contribution in [1.82, 2.24) is 10.9 Å². The molecule has 2 N–H and O–H groups in total. The minimum atomic E-state index is 0.913. The van der Waals surface area contributed by atoms with Crippen LogP contribution in [-0.4, -0.2) is 6.54 Å². The Morgan fingerprint density at radius 2 is 2.23 bits per heavy atom. The van der Waals surface area contributed by atoms with Gasteiger partial charge in [0.2, 0.25) is 0 Å². The van der Waals surface area contributed by atoms with Crippen LogP contribution in [0.5, 0.6) is 0 Å². The first-order valence-corrected chi connectivity index (χ1v) is 5.23. The van der Waals surface area contributed by atoms with Crippen LogP contribution in [0.4, 0.5) is 0 Å². The second kappa shape index (κ2) is 2.80. The molecule has 1 aliphatic heterocycles. The van der Waals surface area contributed by atoms with E-state index in [1.54, 1.807) is 0 Å². The van der Waals surface area contributed by atoms with E-state index in [0.717, 1.165) is 13.1 Å². The molecule has 0 fully saturated rings. The molecule has 0 spiro atoms. The zero-order chi connectivity index (χ0) is 8.67. The van der Waals surface area contributed by atoms with Gasteiger partial charge in [-0.3, -0.25) is 10.9 Å². The number of fused-ring (bicyclic) bond motifs is 3. The molecular formula is C10H10N2S. The molecule has 1 aliphatic carbocycles. The Bertz CT molecular complexity index is 482. The van der Waals surface area contributed by atoms with Gasteiger partial charge in [0.05, 0.1) is 0 Å². The predicted molar refractivity (Wildman–Crippen MR) is 56.4 cm³/mol. The first kappa shape index (κ1) is 7.50. The lowest BCUT2D eigenvalue weighted by molar-refractivity contribution is 0.580. The van der Waals surface area contributed by atoms with E-state index in [-0.39, 0.29) is 0 Å². The van der Waals surface area contributed by atoms with E-state index in [1.165, 1.54) is 20.2 Å². The average molecular weight is 190 g/mol. The molecule has 2 nitrogen and oxygen atoms in total. The molecular weight excluding hydrogens is 180 g/mol.